The third-order valence-corrected chi connectivity index (χ3v) is 3.06. The molecule has 0 saturated carbocycles. The topological polar surface area (TPSA) is 75.3 Å². The van der Waals surface area contributed by atoms with Crippen LogP contribution in [0.15, 0.2) is 10.8 Å². The molecule has 1 amide bonds. The molecule has 1 aliphatic rings. The Bertz CT molecular complexity index is 433. The SMILES string of the molecule is O=C1NS(=O)(=O)Nc2cscc21. The second-order valence-corrected chi connectivity index (χ2v) is 4.39. The predicted molar refractivity (Wildman–Crippen MR) is 44.3 cm³/mol. The molecule has 1 aliphatic heterocycles. The van der Waals surface area contributed by atoms with Crippen LogP contribution in [0.1, 0.15) is 10.4 Å². The Morgan fingerprint density at radius 2 is 2.00 bits per heavy atom. The van der Waals surface area contributed by atoms with E-state index in [1.165, 1.54) is 11.3 Å². The maximum atomic E-state index is 11.0. The van der Waals surface area contributed by atoms with Crippen molar-refractivity contribution in [1.29, 1.82) is 0 Å². The highest BCUT2D eigenvalue weighted by Gasteiger charge is 2.26. The second kappa shape index (κ2) is 2.20. The summed E-state index contributed by atoms with van der Waals surface area (Å²) in [6, 6.07) is 0. The van der Waals surface area contributed by atoms with Crippen molar-refractivity contribution in [3.63, 3.8) is 0 Å². The highest BCUT2D eigenvalue weighted by molar-refractivity contribution is 7.91. The molecule has 12 heavy (non-hydrogen) atoms. The molecule has 0 aromatic carbocycles. The molecular weight excluding hydrogens is 200 g/mol. The highest BCUT2D eigenvalue weighted by atomic mass is 32.2. The van der Waals surface area contributed by atoms with Crippen LogP contribution < -0.4 is 9.44 Å². The Balaban J connectivity index is 2.60. The number of carbonyl (C=O) groups is 1. The van der Waals surface area contributed by atoms with Crippen molar-refractivity contribution in [2.45, 2.75) is 0 Å². The summed E-state index contributed by atoms with van der Waals surface area (Å²) in [7, 11) is -3.66. The van der Waals surface area contributed by atoms with Crippen LogP contribution in [0.4, 0.5) is 5.69 Å². The van der Waals surface area contributed by atoms with E-state index in [4.69, 9.17) is 0 Å². The van der Waals surface area contributed by atoms with Gasteiger partial charge < -0.3 is 0 Å². The van der Waals surface area contributed by atoms with E-state index in [0.29, 0.717) is 11.3 Å². The summed E-state index contributed by atoms with van der Waals surface area (Å²) in [5.41, 5.74) is 0.721. The van der Waals surface area contributed by atoms with Crippen LogP contribution in [0.2, 0.25) is 0 Å². The predicted octanol–water partition coefficient (Wildman–Crippen LogP) is 0.148. The minimum atomic E-state index is -3.66. The van der Waals surface area contributed by atoms with E-state index < -0.39 is 16.1 Å². The van der Waals surface area contributed by atoms with Gasteiger partial charge in [-0.1, -0.05) is 0 Å². The molecule has 0 aliphatic carbocycles. The first kappa shape index (κ1) is 7.56. The van der Waals surface area contributed by atoms with Gasteiger partial charge in [-0.3, -0.25) is 9.52 Å². The van der Waals surface area contributed by atoms with Crippen LogP contribution >= 0.6 is 11.3 Å². The normalized spacial score (nSPS) is 19.2. The van der Waals surface area contributed by atoms with Gasteiger partial charge in [-0.15, -0.1) is 11.3 Å². The van der Waals surface area contributed by atoms with Crippen LogP contribution in [-0.2, 0) is 10.2 Å². The zero-order valence-electron chi connectivity index (χ0n) is 5.70. The molecule has 1 aromatic heterocycles. The largest absolute Gasteiger partial charge is 0.324 e. The molecule has 2 rings (SSSR count). The first-order valence-electron chi connectivity index (χ1n) is 2.99. The fourth-order valence-electron chi connectivity index (χ4n) is 0.899. The number of nitrogens with one attached hydrogen (secondary N) is 2. The van der Waals surface area contributed by atoms with Gasteiger partial charge in [0.2, 0.25) is 0 Å². The van der Waals surface area contributed by atoms with Gasteiger partial charge in [0.15, 0.2) is 0 Å². The summed E-state index contributed by atoms with van der Waals surface area (Å²) in [4.78, 5) is 11.0. The summed E-state index contributed by atoms with van der Waals surface area (Å²) >= 11 is 1.27. The molecule has 0 unspecified atom stereocenters. The Morgan fingerprint density at radius 3 is 2.75 bits per heavy atom. The van der Waals surface area contributed by atoms with Gasteiger partial charge in [-0.2, -0.15) is 8.42 Å². The zero-order chi connectivity index (χ0) is 8.77. The van der Waals surface area contributed by atoms with Gasteiger partial charge in [-0.05, 0) is 0 Å². The number of hydrogen-bond acceptors (Lipinski definition) is 4. The number of hydrogen-bond donors (Lipinski definition) is 2. The Hall–Kier alpha value is -1.08. The summed E-state index contributed by atoms with van der Waals surface area (Å²) in [6.07, 6.45) is 0. The molecule has 0 saturated heterocycles. The van der Waals surface area contributed by atoms with Gasteiger partial charge in [0.25, 0.3) is 5.91 Å². The van der Waals surface area contributed by atoms with E-state index in [2.05, 4.69) is 4.72 Å². The van der Waals surface area contributed by atoms with Crippen molar-refractivity contribution in [2.24, 2.45) is 0 Å². The van der Waals surface area contributed by atoms with E-state index in [9.17, 15) is 13.2 Å². The molecular formula is C5H4N2O3S2. The molecule has 2 N–H and O–H groups in total. The summed E-state index contributed by atoms with van der Waals surface area (Å²) in [5.74, 6) is -0.579. The van der Waals surface area contributed by atoms with E-state index >= 15 is 0 Å². The van der Waals surface area contributed by atoms with E-state index in [0.717, 1.165) is 0 Å². The fraction of sp³-hybridized carbons (Fsp3) is 0. The van der Waals surface area contributed by atoms with Gasteiger partial charge >= 0.3 is 10.2 Å². The number of thiophene rings is 1. The summed E-state index contributed by atoms with van der Waals surface area (Å²) in [6.45, 7) is 0. The third-order valence-electron chi connectivity index (χ3n) is 1.38. The number of carbonyl (C=O) groups excluding carboxylic acids is 1. The molecule has 0 fully saturated rings. The lowest BCUT2D eigenvalue weighted by atomic mass is 10.3. The lowest BCUT2D eigenvalue weighted by molar-refractivity contribution is 0.0981. The first-order valence-corrected chi connectivity index (χ1v) is 5.42. The van der Waals surface area contributed by atoms with Gasteiger partial charge in [0.05, 0.1) is 11.3 Å². The average Bonchev–Trinajstić information content (AvgIpc) is 2.31. The van der Waals surface area contributed by atoms with Crippen molar-refractivity contribution >= 4 is 33.1 Å². The molecule has 1 aromatic rings. The quantitative estimate of drug-likeness (QED) is 0.631. The molecule has 2 heterocycles. The van der Waals surface area contributed by atoms with Crippen molar-refractivity contribution < 1.29 is 13.2 Å². The Morgan fingerprint density at radius 1 is 1.25 bits per heavy atom. The first-order chi connectivity index (χ1) is 5.58. The smallest absolute Gasteiger partial charge is 0.268 e. The monoisotopic (exact) mass is 204 g/mol. The summed E-state index contributed by atoms with van der Waals surface area (Å²) in [5, 5.41) is 3.16. The van der Waals surface area contributed by atoms with Crippen LogP contribution in [0.25, 0.3) is 0 Å². The zero-order valence-corrected chi connectivity index (χ0v) is 7.33. The lowest BCUT2D eigenvalue weighted by Crippen LogP contribution is -2.39. The van der Waals surface area contributed by atoms with Crippen molar-refractivity contribution in [1.82, 2.24) is 4.72 Å². The lowest BCUT2D eigenvalue weighted by Gasteiger charge is -2.14. The van der Waals surface area contributed by atoms with Gasteiger partial charge in [0.1, 0.15) is 0 Å². The molecule has 0 bridgehead atoms. The molecule has 5 nitrogen and oxygen atoms in total. The maximum absolute atomic E-state index is 11.0. The number of amides is 1. The minimum Gasteiger partial charge on any atom is -0.268 e. The van der Waals surface area contributed by atoms with Crippen molar-refractivity contribution in [2.75, 3.05) is 4.72 Å². The average molecular weight is 204 g/mol. The number of rotatable bonds is 0. The number of anilines is 1. The van der Waals surface area contributed by atoms with Crippen LogP contribution in [0, 0.1) is 0 Å². The van der Waals surface area contributed by atoms with Crippen molar-refractivity contribution in [3.05, 3.63) is 16.3 Å². The molecule has 7 heteroatoms. The van der Waals surface area contributed by atoms with E-state index in [1.807, 2.05) is 4.72 Å². The second-order valence-electron chi connectivity index (χ2n) is 2.24. The molecule has 0 radical (unpaired) electrons. The van der Waals surface area contributed by atoms with Gasteiger partial charge in [-0.25, -0.2) is 4.72 Å². The van der Waals surface area contributed by atoms with Crippen LogP contribution in [0.5, 0.6) is 0 Å². The minimum absolute atomic E-state index is 0.351. The Labute approximate surface area is 72.6 Å². The number of fused-ring (bicyclic) bond motifs is 1. The van der Waals surface area contributed by atoms with Crippen LogP contribution in [0.3, 0.4) is 0 Å². The maximum Gasteiger partial charge on any atom is 0.324 e. The summed E-state index contributed by atoms with van der Waals surface area (Å²) < 4.78 is 25.8. The standard InChI is InChI=1S/C5H4N2O3S2/c8-5-3-1-11-2-4(3)6-12(9,10)7-5/h1-2,6H,(H,7,8). The van der Waals surface area contributed by atoms with Crippen LogP contribution in [-0.4, -0.2) is 14.3 Å². The van der Waals surface area contributed by atoms with Crippen molar-refractivity contribution in [3.8, 4) is 0 Å². The third kappa shape index (κ3) is 1.07. The molecule has 0 atom stereocenters. The fourth-order valence-corrected chi connectivity index (χ4v) is 2.60. The molecule has 0 spiro atoms. The van der Waals surface area contributed by atoms with E-state index in [1.54, 1.807) is 10.8 Å². The van der Waals surface area contributed by atoms with E-state index in [-0.39, 0.29) is 0 Å². The Kier molecular flexibility index (Phi) is 1.39. The molecule has 64 valence electrons. The van der Waals surface area contributed by atoms with Gasteiger partial charge in [0, 0.05) is 10.8 Å². The highest BCUT2D eigenvalue weighted by Crippen LogP contribution is 2.24.